The number of unbranched alkanes of at least 4 members (excludes halogenated alkanes) is 5. The van der Waals surface area contributed by atoms with Gasteiger partial charge in [0, 0.05) is 11.3 Å². The van der Waals surface area contributed by atoms with E-state index in [-0.39, 0.29) is 5.41 Å². The number of ketones is 1. The molecule has 3 heteroatoms. The molecule has 1 N–H and O–H groups in total. The summed E-state index contributed by atoms with van der Waals surface area (Å²) in [5.41, 5.74) is 0.895. The summed E-state index contributed by atoms with van der Waals surface area (Å²) in [5.74, 6) is 3.70. The first-order chi connectivity index (χ1) is 13.9. The van der Waals surface area contributed by atoms with E-state index >= 15 is 0 Å². The van der Waals surface area contributed by atoms with Crippen molar-refractivity contribution in [2.75, 3.05) is 6.54 Å². The van der Waals surface area contributed by atoms with E-state index in [1.807, 2.05) is 0 Å². The maximum Gasteiger partial charge on any atom is 0.142 e. The molecular formula is C26H46NOP. The molecule has 0 aromatic carbocycles. The molecule has 8 unspecified atom stereocenters. The minimum Gasteiger partial charge on any atom is -0.301 e. The summed E-state index contributed by atoms with van der Waals surface area (Å²) in [4.78, 5) is 13.9. The second kappa shape index (κ2) is 8.54. The summed E-state index contributed by atoms with van der Waals surface area (Å²) in [6.45, 7) is 8.36. The zero-order chi connectivity index (χ0) is 20.7. The van der Waals surface area contributed by atoms with Gasteiger partial charge in [0.1, 0.15) is 5.78 Å². The summed E-state index contributed by atoms with van der Waals surface area (Å²) in [5, 5.41) is 3.16. The van der Waals surface area contributed by atoms with E-state index in [2.05, 4.69) is 35.2 Å². The van der Waals surface area contributed by atoms with E-state index < -0.39 is 0 Å². The van der Waals surface area contributed by atoms with E-state index in [4.69, 9.17) is 0 Å². The molecule has 0 aromatic rings. The van der Waals surface area contributed by atoms with Crippen molar-refractivity contribution in [3.8, 4) is 0 Å². The summed E-state index contributed by atoms with van der Waals surface area (Å²) < 4.78 is 0. The smallest absolute Gasteiger partial charge is 0.142 e. The Kier molecular flexibility index (Phi) is 6.55. The Morgan fingerprint density at radius 2 is 1.76 bits per heavy atom. The van der Waals surface area contributed by atoms with Gasteiger partial charge in [0.15, 0.2) is 0 Å². The van der Waals surface area contributed by atoms with Gasteiger partial charge in [0.2, 0.25) is 0 Å². The third kappa shape index (κ3) is 3.38. The second-order valence-corrected chi connectivity index (χ2v) is 12.2. The van der Waals surface area contributed by atoms with Crippen molar-refractivity contribution in [3.63, 3.8) is 0 Å². The minimum absolute atomic E-state index is 0.0559. The normalized spacial score (nSPS) is 46.0. The van der Waals surface area contributed by atoms with E-state index in [0.717, 1.165) is 37.1 Å². The SMILES string of the molecule is CC1CC2CC34CCCC23C1CCC(C)(CCCCCCCCNP)C(=O)C4C. The van der Waals surface area contributed by atoms with Crippen molar-refractivity contribution in [3.05, 3.63) is 0 Å². The first-order valence-corrected chi connectivity index (χ1v) is 13.5. The fourth-order valence-electron chi connectivity index (χ4n) is 9.25. The van der Waals surface area contributed by atoms with E-state index in [9.17, 15) is 4.79 Å². The number of rotatable bonds is 9. The first-order valence-electron chi connectivity index (χ1n) is 12.9. The van der Waals surface area contributed by atoms with Gasteiger partial charge < -0.3 is 5.09 Å². The molecule has 1 spiro atoms. The predicted molar refractivity (Wildman–Crippen MR) is 126 cm³/mol. The molecule has 8 atom stereocenters. The molecule has 4 saturated carbocycles. The fourth-order valence-corrected chi connectivity index (χ4v) is 9.45. The average molecular weight is 420 g/mol. The van der Waals surface area contributed by atoms with Crippen LogP contribution in [0.2, 0.25) is 0 Å². The molecule has 2 nitrogen and oxygen atoms in total. The topological polar surface area (TPSA) is 29.1 Å². The van der Waals surface area contributed by atoms with Crippen molar-refractivity contribution >= 4 is 15.2 Å². The van der Waals surface area contributed by atoms with Gasteiger partial charge in [0.25, 0.3) is 0 Å². The predicted octanol–water partition coefficient (Wildman–Crippen LogP) is 6.93. The van der Waals surface area contributed by atoms with Gasteiger partial charge >= 0.3 is 0 Å². The highest BCUT2D eigenvalue weighted by Crippen LogP contribution is 2.82. The largest absolute Gasteiger partial charge is 0.301 e. The molecule has 0 heterocycles. The molecule has 0 bridgehead atoms. The molecule has 4 rings (SSSR count). The van der Waals surface area contributed by atoms with Crippen LogP contribution in [0, 0.1) is 39.9 Å². The molecule has 0 radical (unpaired) electrons. The highest BCUT2D eigenvalue weighted by Gasteiger charge is 2.76. The van der Waals surface area contributed by atoms with E-state index in [1.54, 1.807) is 0 Å². The number of carbonyl (C=O) groups excluding carboxylic acids is 1. The van der Waals surface area contributed by atoms with Gasteiger partial charge in [-0.3, -0.25) is 4.79 Å². The van der Waals surface area contributed by atoms with Crippen LogP contribution in [-0.4, -0.2) is 12.3 Å². The lowest BCUT2D eigenvalue weighted by atomic mass is 9.38. The summed E-state index contributed by atoms with van der Waals surface area (Å²) >= 11 is 0. The molecule has 4 aliphatic carbocycles. The summed E-state index contributed by atoms with van der Waals surface area (Å²) in [6, 6.07) is 0. The zero-order valence-corrected chi connectivity index (χ0v) is 20.6. The molecule has 0 aliphatic heterocycles. The molecular weight excluding hydrogens is 373 g/mol. The maximum atomic E-state index is 13.9. The van der Waals surface area contributed by atoms with Crippen LogP contribution in [0.15, 0.2) is 0 Å². The fraction of sp³-hybridized carbons (Fsp3) is 0.962. The van der Waals surface area contributed by atoms with Crippen molar-refractivity contribution < 1.29 is 4.79 Å². The zero-order valence-electron chi connectivity index (χ0n) is 19.4. The Bertz CT molecular complexity index is 608. The highest BCUT2D eigenvalue weighted by atomic mass is 31.0. The van der Waals surface area contributed by atoms with Crippen LogP contribution in [-0.2, 0) is 4.79 Å². The second-order valence-electron chi connectivity index (χ2n) is 11.8. The number of hydrogen-bond donors (Lipinski definition) is 1. The van der Waals surface area contributed by atoms with Gasteiger partial charge in [-0.15, -0.1) is 0 Å². The molecule has 0 saturated heterocycles. The summed E-state index contributed by atoms with van der Waals surface area (Å²) in [6.07, 6.45) is 18.5. The Morgan fingerprint density at radius 1 is 1.03 bits per heavy atom. The minimum atomic E-state index is -0.0559. The van der Waals surface area contributed by atoms with Crippen LogP contribution in [0.1, 0.15) is 111 Å². The summed E-state index contributed by atoms with van der Waals surface area (Å²) in [7, 11) is 2.59. The third-order valence-electron chi connectivity index (χ3n) is 10.6. The van der Waals surface area contributed by atoms with Crippen LogP contribution >= 0.6 is 9.39 Å². The molecule has 29 heavy (non-hydrogen) atoms. The molecule has 0 amide bonds. The molecule has 166 valence electrons. The number of hydrogen-bond acceptors (Lipinski definition) is 2. The van der Waals surface area contributed by atoms with Crippen LogP contribution in [0.3, 0.4) is 0 Å². The van der Waals surface area contributed by atoms with Gasteiger partial charge in [0.05, 0.1) is 0 Å². The number of carbonyl (C=O) groups is 1. The molecule has 4 fully saturated rings. The van der Waals surface area contributed by atoms with Crippen LogP contribution < -0.4 is 5.09 Å². The standard InChI is InChI=1S/C26H46NOP/c1-19-17-21-18-25-13-10-14-26(21,25)22(19)11-15-24(3,23(28)20(25)2)12-8-6-4-5-7-9-16-27-29/h19-22,27H,4-18,29H2,1-3H3. The number of nitrogens with one attached hydrogen (secondary N) is 1. The van der Waals surface area contributed by atoms with E-state index in [0.29, 0.717) is 22.5 Å². The lowest BCUT2D eigenvalue weighted by Crippen LogP contribution is -2.62. The van der Waals surface area contributed by atoms with Gasteiger partial charge in [-0.05, 0) is 86.5 Å². The van der Waals surface area contributed by atoms with Gasteiger partial charge in [-0.1, -0.05) is 68.7 Å². The van der Waals surface area contributed by atoms with Gasteiger partial charge in [-0.2, -0.15) is 0 Å². The number of Topliss-reactive ketones (excluding diaryl/α,β-unsaturated/α-hetero) is 1. The Labute approximate surface area is 182 Å². The Morgan fingerprint density at radius 3 is 2.52 bits per heavy atom. The maximum absolute atomic E-state index is 13.9. The van der Waals surface area contributed by atoms with E-state index in [1.165, 1.54) is 77.0 Å². The van der Waals surface area contributed by atoms with Crippen molar-refractivity contribution in [2.24, 2.45) is 39.9 Å². The van der Waals surface area contributed by atoms with Crippen LogP contribution in [0.4, 0.5) is 0 Å². The monoisotopic (exact) mass is 419 g/mol. The van der Waals surface area contributed by atoms with Crippen molar-refractivity contribution in [2.45, 2.75) is 111 Å². The Hall–Kier alpha value is 0.0600. The van der Waals surface area contributed by atoms with Crippen molar-refractivity contribution in [1.82, 2.24) is 5.09 Å². The third-order valence-corrected chi connectivity index (χ3v) is 10.9. The lowest BCUT2D eigenvalue weighted by molar-refractivity contribution is -0.186. The Balaban J connectivity index is 1.39. The van der Waals surface area contributed by atoms with Crippen molar-refractivity contribution in [1.29, 1.82) is 0 Å². The molecule has 4 aliphatic rings. The lowest BCUT2D eigenvalue weighted by Gasteiger charge is -2.65. The molecule has 0 aromatic heterocycles. The first kappa shape index (κ1) is 22.3. The highest BCUT2D eigenvalue weighted by molar-refractivity contribution is 7.13. The van der Waals surface area contributed by atoms with Crippen LogP contribution in [0.5, 0.6) is 0 Å². The quantitative estimate of drug-likeness (QED) is 0.324. The van der Waals surface area contributed by atoms with Crippen LogP contribution in [0.25, 0.3) is 0 Å². The average Bonchev–Trinajstić information content (AvgIpc) is 3.11. The van der Waals surface area contributed by atoms with Gasteiger partial charge in [-0.25, -0.2) is 0 Å².